The molecule has 0 aliphatic heterocycles. The molecule has 3 heterocycles. The molecule has 7 aromatic carbocycles. The Morgan fingerprint density at radius 1 is 0.333 bits per heavy atom. The molecule has 3 aromatic heterocycles. The molecule has 0 saturated heterocycles. The van der Waals surface area contributed by atoms with Crippen LogP contribution in [0.2, 0.25) is 0 Å². The van der Waals surface area contributed by atoms with Crippen LogP contribution < -0.4 is 15.7 Å². The van der Waals surface area contributed by atoms with Gasteiger partial charge in [0.1, 0.15) is 0 Å². The molecule has 39 heavy (non-hydrogen) atoms. The van der Waals surface area contributed by atoms with Crippen molar-refractivity contribution in [3.05, 3.63) is 119 Å². The minimum absolute atomic E-state index is 1.31. The first-order valence-electron chi connectivity index (χ1n) is 13.1. The molecule has 0 N–H and O–H groups in total. The van der Waals surface area contributed by atoms with Gasteiger partial charge in [0.25, 0.3) is 0 Å². The Kier molecular flexibility index (Phi) is 3.93. The van der Waals surface area contributed by atoms with Crippen LogP contribution in [0.4, 0.5) is 0 Å². The van der Waals surface area contributed by atoms with Crippen molar-refractivity contribution < 1.29 is 0 Å². The van der Waals surface area contributed by atoms with E-state index in [0.717, 1.165) is 0 Å². The summed E-state index contributed by atoms with van der Waals surface area (Å²) in [5.74, 6) is 0. The van der Waals surface area contributed by atoms with Gasteiger partial charge in [-0.15, -0.1) is 34.0 Å². The zero-order valence-corrected chi connectivity index (χ0v) is 23.1. The van der Waals surface area contributed by atoms with Gasteiger partial charge in [0.15, 0.2) is 0 Å². The monoisotopic (exact) mass is 546 g/mol. The second kappa shape index (κ2) is 7.34. The zero-order chi connectivity index (χ0) is 25.2. The minimum atomic E-state index is 1.31. The van der Waals surface area contributed by atoms with Gasteiger partial charge >= 0.3 is 0 Å². The van der Waals surface area contributed by atoms with Crippen molar-refractivity contribution in [1.82, 2.24) is 0 Å². The summed E-state index contributed by atoms with van der Waals surface area (Å²) in [6.07, 6.45) is 7.21. The molecule has 0 amide bonds. The van der Waals surface area contributed by atoms with Crippen molar-refractivity contribution in [2.75, 3.05) is 0 Å². The van der Waals surface area contributed by atoms with Gasteiger partial charge in [-0.1, -0.05) is 54.6 Å². The van der Waals surface area contributed by atoms with Gasteiger partial charge in [-0.3, -0.25) is 0 Å². The average Bonchev–Trinajstić information content (AvgIpc) is 3.80. The number of hydrogen-bond donors (Lipinski definition) is 0. The smallest absolute Gasteiger partial charge is 0.0276 e. The maximum absolute atomic E-state index is 2.40. The van der Waals surface area contributed by atoms with E-state index in [-0.39, 0.29) is 0 Å². The van der Waals surface area contributed by atoms with E-state index in [1.54, 1.807) is 0 Å². The quantitative estimate of drug-likeness (QED) is 0.194. The molecule has 0 saturated carbocycles. The van der Waals surface area contributed by atoms with Crippen molar-refractivity contribution in [1.29, 1.82) is 0 Å². The van der Waals surface area contributed by atoms with Crippen LogP contribution in [0, 0.1) is 0 Å². The number of thiophene rings is 3. The molecule has 3 heteroatoms. The molecule has 0 spiro atoms. The Labute approximate surface area is 235 Å². The molecule has 0 nitrogen and oxygen atoms in total. The third-order valence-corrected chi connectivity index (χ3v) is 11.1. The van der Waals surface area contributed by atoms with Gasteiger partial charge in [-0.05, 0) is 133 Å². The molecule has 10 aromatic rings. The average molecular weight is 547 g/mol. The molecule has 0 atom stereocenters. The van der Waals surface area contributed by atoms with Gasteiger partial charge < -0.3 is 0 Å². The summed E-state index contributed by atoms with van der Waals surface area (Å²) in [7, 11) is 0. The summed E-state index contributed by atoms with van der Waals surface area (Å²) >= 11 is 5.43. The fourth-order valence-electron chi connectivity index (χ4n) is 7.16. The second-order valence-electron chi connectivity index (χ2n) is 10.5. The normalized spacial score (nSPS) is 12.6. The maximum Gasteiger partial charge on any atom is 0.0276 e. The van der Waals surface area contributed by atoms with Crippen molar-refractivity contribution in [3.8, 4) is 0 Å². The summed E-state index contributed by atoms with van der Waals surface area (Å²) in [4.78, 5) is 3.92. The van der Waals surface area contributed by atoms with Crippen LogP contribution >= 0.6 is 34.0 Å². The van der Waals surface area contributed by atoms with Crippen LogP contribution in [0.1, 0.15) is 14.6 Å². The van der Waals surface area contributed by atoms with E-state index in [9.17, 15) is 0 Å². The SMILES string of the molecule is C(c1cccs1)=c1c2ccc3c(=Cc4cccs4)c4ccc5c(=Cc6cccs6)c6ccc1c1c2c3c4c5c61. The summed E-state index contributed by atoms with van der Waals surface area (Å²) in [5.41, 5.74) is 0. The summed E-state index contributed by atoms with van der Waals surface area (Å²) in [5, 5.41) is 27.5. The Bertz CT molecular complexity index is 2170. The Morgan fingerprint density at radius 2 is 0.590 bits per heavy atom. The summed E-state index contributed by atoms with van der Waals surface area (Å²) in [6.45, 7) is 0. The molecule has 180 valence electrons. The predicted octanol–water partition coefficient (Wildman–Crippen LogP) is 8.75. The Morgan fingerprint density at radius 3 is 0.795 bits per heavy atom. The fourth-order valence-corrected chi connectivity index (χ4v) is 9.13. The highest BCUT2D eigenvalue weighted by Gasteiger charge is 2.26. The molecule has 0 fully saturated rings. The van der Waals surface area contributed by atoms with Crippen LogP contribution in [-0.2, 0) is 0 Å². The molecule has 0 aliphatic carbocycles. The van der Waals surface area contributed by atoms with Gasteiger partial charge in [-0.2, -0.15) is 0 Å². The first-order chi connectivity index (χ1) is 19.3. The number of benzene rings is 4. The van der Waals surface area contributed by atoms with Crippen LogP contribution in [0.15, 0.2) is 88.9 Å². The number of rotatable bonds is 3. The van der Waals surface area contributed by atoms with E-state index in [0.29, 0.717) is 0 Å². The van der Waals surface area contributed by atoms with Crippen molar-refractivity contribution in [2.45, 2.75) is 0 Å². The van der Waals surface area contributed by atoms with E-state index in [2.05, 4.69) is 107 Å². The molecule has 0 aliphatic rings. The van der Waals surface area contributed by atoms with Crippen molar-refractivity contribution in [3.63, 3.8) is 0 Å². The lowest BCUT2D eigenvalue weighted by Gasteiger charge is -2.07. The zero-order valence-electron chi connectivity index (χ0n) is 20.6. The highest BCUT2D eigenvalue weighted by atomic mass is 32.1. The van der Waals surface area contributed by atoms with Gasteiger partial charge in [0.05, 0.1) is 0 Å². The molecule has 10 rings (SSSR count). The van der Waals surface area contributed by atoms with Crippen molar-refractivity contribution >= 4 is 117 Å². The predicted molar refractivity (Wildman–Crippen MR) is 174 cm³/mol. The topological polar surface area (TPSA) is 0 Å². The Hall–Kier alpha value is -4.02. The van der Waals surface area contributed by atoms with Gasteiger partial charge in [0, 0.05) is 14.6 Å². The largest absolute Gasteiger partial charge is 0.144 e. The summed E-state index contributed by atoms with van der Waals surface area (Å²) in [6, 6.07) is 27.4. The van der Waals surface area contributed by atoms with E-state index < -0.39 is 0 Å². The van der Waals surface area contributed by atoms with E-state index in [1.165, 1.54) is 94.9 Å². The molecule has 0 unspecified atom stereocenters. The number of hydrogen-bond acceptors (Lipinski definition) is 3. The minimum Gasteiger partial charge on any atom is -0.144 e. The highest BCUT2D eigenvalue weighted by molar-refractivity contribution is 7.11. The standard InChI is InChI=1S/C36H18S3/c1-4-19(37-13-1)16-28-22-7-9-24-29(17-20-5-2-14-38-20)26-11-12-27-30(18-21-6-3-15-39-21)25-10-8-23(28)32-31(22)33(24)35(26)36(27)34(25)32/h1-18H. The van der Waals surface area contributed by atoms with E-state index in [4.69, 9.17) is 0 Å². The fraction of sp³-hybridized carbons (Fsp3) is 0. The third kappa shape index (κ3) is 2.58. The molecular weight excluding hydrogens is 529 g/mol. The van der Waals surface area contributed by atoms with Crippen molar-refractivity contribution in [2.24, 2.45) is 0 Å². The van der Waals surface area contributed by atoms with E-state index >= 15 is 0 Å². The van der Waals surface area contributed by atoms with Crippen LogP contribution in [-0.4, -0.2) is 0 Å². The van der Waals surface area contributed by atoms with Gasteiger partial charge in [0.2, 0.25) is 0 Å². The summed E-state index contributed by atoms with van der Waals surface area (Å²) < 4.78 is 0. The van der Waals surface area contributed by atoms with Crippen LogP contribution in [0.3, 0.4) is 0 Å². The van der Waals surface area contributed by atoms with E-state index in [1.807, 2.05) is 34.0 Å². The molecule has 0 radical (unpaired) electrons. The lowest BCUT2D eigenvalue weighted by Crippen LogP contribution is -1.99. The lowest BCUT2D eigenvalue weighted by molar-refractivity contribution is 1.83. The third-order valence-electron chi connectivity index (χ3n) is 8.60. The first kappa shape index (κ1) is 20.9. The highest BCUT2D eigenvalue weighted by Crippen LogP contribution is 2.48. The van der Waals surface area contributed by atoms with Gasteiger partial charge in [-0.25, -0.2) is 0 Å². The lowest BCUT2D eigenvalue weighted by atomic mass is 9.95. The van der Waals surface area contributed by atoms with Crippen LogP contribution in [0.25, 0.3) is 82.9 Å². The molecule has 0 bridgehead atoms. The Balaban J connectivity index is 1.53. The second-order valence-corrected chi connectivity index (χ2v) is 13.4. The maximum atomic E-state index is 2.40. The first-order valence-corrected chi connectivity index (χ1v) is 15.8. The molecular formula is C36H18S3. The van der Waals surface area contributed by atoms with Crippen LogP contribution in [0.5, 0.6) is 0 Å².